The second-order valence-electron chi connectivity index (χ2n) is 4.36. The molecule has 0 amide bonds. The van der Waals surface area contributed by atoms with Crippen LogP contribution in [0.25, 0.3) is 10.9 Å². The zero-order chi connectivity index (χ0) is 17.6. The van der Waals surface area contributed by atoms with E-state index in [1.807, 2.05) is 31.2 Å². The Labute approximate surface area is 134 Å². The minimum absolute atomic E-state index is 0.302. The Bertz CT molecular complexity index is 679. The van der Waals surface area contributed by atoms with Crippen LogP contribution in [-0.2, 0) is 4.74 Å². The smallest absolute Gasteiger partial charge is 0.344 e. The lowest BCUT2D eigenvalue weighted by Crippen LogP contribution is -2.68. The van der Waals surface area contributed by atoms with Gasteiger partial charge in [0.25, 0.3) is 0 Å². The van der Waals surface area contributed by atoms with Gasteiger partial charge in [-0.1, -0.05) is 0 Å². The lowest BCUT2D eigenvalue weighted by atomic mass is 10.1. The number of ether oxygens (including phenoxy) is 2. The maximum atomic E-state index is 11.8. The molecule has 0 radical (unpaired) electrons. The molecule has 8 nitrogen and oxygen atoms in total. The predicted molar refractivity (Wildman–Crippen MR) is 67.7 cm³/mol. The third-order valence-corrected chi connectivity index (χ3v) is 2.78. The zero-order valence-electron chi connectivity index (χ0n) is 12.8. The molecule has 0 spiro atoms. The fraction of sp³-hybridized carbons (Fsp3) is 0.286. The Hall–Kier alpha value is -1.97. The number of halogens is 1. The lowest BCUT2D eigenvalue weighted by molar-refractivity contribution is -2.00. The number of rotatable bonds is 3. The standard InChI is InChI=1S/C14H15NO3.ClHO4/c1-4-18-14(16)12-7-10-5-6-11(17-3)8-13(10)15-9(12)2;2-1(3,4)5/h5-8H,4H2,1-3H3;(H,2,3,4,5). The quantitative estimate of drug-likeness (QED) is 0.554. The summed E-state index contributed by atoms with van der Waals surface area (Å²) in [6, 6.07) is 7.50. The molecule has 1 heterocycles. The Balaban J connectivity index is 0.000000463. The fourth-order valence-electron chi connectivity index (χ4n) is 1.85. The van der Waals surface area contributed by atoms with Gasteiger partial charge in [0.05, 0.1) is 19.8 Å². The van der Waals surface area contributed by atoms with Crippen molar-refractivity contribution in [3.8, 4) is 5.75 Å². The normalized spacial score (nSPS) is 10.7. The van der Waals surface area contributed by atoms with E-state index in [0.29, 0.717) is 12.2 Å². The number of methoxy groups -OCH3 is 1. The van der Waals surface area contributed by atoms with Gasteiger partial charge in [-0.2, -0.15) is 0 Å². The molecular formula is C14H16ClNO7. The van der Waals surface area contributed by atoms with Crippen LogP contribution in [0.15, 0.2) is 24.3 Å². The summed E-state index contributed by atoms with van der Waals surface area (Å²) in [4.78, 5) is 15.0. The number of pyridine rings is 1. The summed E-state index contributed by atoms with van der Waals surface area (Å²) in [5.41, 5.74) is 2.28. The monoisotopic (exact) mass is 345 g/mol. The highest BCUT2D eigenvalue weighted by Crippen LogP contribution is 2.19. The maximum absolute atomic E-state index is 11.8. The van der Waals surface area contributed by atoms with Gasteiger partial charge in [0.15, 0.2) is 5.69 Å². The molecule has 1 aromatic heterocycles. The van der Waals surface area contributed by atoms with Gasteiger partial charge in [0.1, 0.15) is 11.3 Å². The Kier molecular flexibility index (Phi) is 6.67. The number of carbonyl (C=O) groups is 1. The number of aromatic amines is 1. The van der Waals surface area contributed by atoms with Crippen LogP contribution in [0.2, 0.25) is 0 Å². The molecule has 0 saturated carbocycles. The largest absolute Gasteiger partial charge is 0.497 e. The third-order valence-electron chi connectivity index (χ3n) is 2.78. The van der Waals surface area contributed by atoms with E-state index in [1.165, 1.54) is 0 Å². The zero-order valence-corrected chi connectivity index (χ0v) is 13.5. The van der Waals surface area contributed by atoms with Crippen LogP contribution in [0.1, 0.15) is 23.0 Å². The number of benzene rings is 1. The molecule has 9 heteroatoms. The van der Waals surface area contributed by atoms with E-state index in [0.717, 1.165) is 22.3 Å². The molecule has 2 rings (SSSR count). The number of fused-ring (bicyclic) bond motifs is 1. The van der Waals surface area contributed by atoms with E-state index in [-0.39, 0.29) is 5.97 Å². The minimum atomic E-state index is -4.94. The number of H-pyrrole nitrogens is 1. The van der Waals surface area contributed by atoms with E-state index in [2.05, 4.69) is 4.98 Å². The van der Waals surface area contributed by atoms with E-state index < -0.39 is 10.2 Å². The number of carbonyl (C=O) groups excluding carboxylic acids is 1. The summed E-state index contributed by atoms with van der Waals surface area (Å²) >= 11 is 0. The van der Waals surface area contributed by atoms with Crippen molar-refractivity contribution < 1.29 is 48.1 Å². The SMILES string of the molecule is CCOC(=O)c1cc2ccc(OC)cc2[nH+]c1C.[O-][Cl+3]([O-])([O-])[O-]. The molecule has 0 aliphatic rings. The van der Waals surface area contributed by atoms with Gasteiger partial charge >= 0.3 is 5.97 Å². The van der Waals surface area contributed by atoms with Crippen LogP contribution >= 0.6 is 0 Å². The van der Waals surface area contributed by atoms with Crippen molar-refractivity contribution in [2.24, 2.45) is 0 Å². The van der Waals surface area contributed by atoms with Crippen molar-refractivity contribution in [1.82, 2.24) is 0 Å². The Morgan fingerprint density at radius 1 is 1.22 bits per heavy atom. The van der Waals surface area contributed by atoms with Crippen LogP contribution in [0.3, 0.4) is 0 Å². The molecule has 0 saturated heterocycles. The first-order chi connectivity index (χ1) is 10.7. The third kappa shape index (κ3) is 6.35. The van der Waals surface area contributed by atoms with Gasteiger partial charge in [-0.25, -0.2) is 28.4 Å². The van der Waals surface area contributed by atoms with Gasteiger partial charge in [-0.05, 0) is 25.1 Å². The van der Waals surface area contributed by atoms with E-state index in [1.54, 1.807) is 14.0 Å². The van der Waals surface area contributed by atoms with E-state index in [9.17, 15) is 4.79 Å². The number of aromatic nitrogens is 1. The predicted octanol–water partition coefficient (Wildman–Crippen LogP) is -2.61. The minimum Gasteiger partial charge on any atom is -0.497 e. The molecule has 1 N–H and O–H groups in total. The van der Waals surface area contributed by atoms with Crippen molar-refractivity contribution in [3.05, 3.63) is 35.5 Å². The highest BCUT2D eigenvalue weighted by atomic mass is 35.7. The average molecular weight is 346 g/mol. The van der Waals surface area contributed by atoms with Crippen LogP contribution in [0.5, 0.6) is 5.75 Å². The van der Waals surface area contributed by atoms with Gasteiger partial charge in [-0.15, -0.1) is 10.2 Å². The lowest BCUT2D eigenvalue weighted by Gasteiger charge is -2.17. The maximum Gasteiger partial charge on any atom is 0.344 e. The van der Waals surface area contributed by atoms with Crippen molar-refractivity contribution in [1.29, 1.82) is 0 Å². The molecule has 23 heavy (non-hydrogen) atoms. The second kappa shape index (κ2) is 8.04. The average Bonchev–Trinajstić information content (AvgIpc) is 2.44. The summed E-state index contributed by atoms with van der Waals surface area (Å²) in [6.07, 6.45) is 0. The summed E-state index contributed by atoms with van der Waals surface area (Å²) in [7, 11) is -3.32. The molecule has 0 aliphatic heterocycles. The molecule has 126 valence electrons. The molecular weight excluding hydrogens is 330 g/mol. The van der Waals surface area contributed by atoms with Crippen LogP contribution in [0.4, 0.5) is 0 Å². The van der Waals surface area contributed by atoms with Gasteiger partial charge in [0.2, 0.25) is 5.52 Å². The second-order valence-corrected chi connectivity index (χ2v) is 5.12. The summed E-state index contributed by atoms with van der Waals surface area (Å²) < 4.78 is 44.2. The molecule has 1 aromatic carbocycles. The van der Waals surface area contributed by atoms with Crippen LogP contribution in [0, 0.1) is 17.2 Å². The molecule has 2 aromatic rings. The number of hydrogen-bond acceptors (Lipinski definition) is 7. The number of aryl methyl sites for hydroxylation is 1. The van der Waals surface area contributed by atoms with Crippen molar-refractivity contribution in [2.75, 3.05) is 13.7 Å². The number of nitrogens with one attached hydrogen (secondary N) is 1. The first kappa shape index (κ1) is 19.1. The first-order valence-corrected chi connectivity index (χ1v) is 7.68. The number of esters is 1. The van der Waals surface area contributed by atoms with Gasteiger partial charge < -0.3 is 9.47 Å². The van der Waals surface area contributed by atoms with Crippen LogP contribution < -0.4 is 28.4 Å². The molecule has 0 unspecified atom stereocenters. The molecule has 0 fully saturated rings. The van der Waals surface area contributed by atoms with Gasteiger partial charge in [-0.3, -0.25) is 0 Å². The van der Waals surface area contributed by atoms with Gasteiger partial charge in [0, 0.05) is 12.3 Å². The van der Waals surface area contributed by atoms with Crippen molar-refractivity contribution in [2.45, 2.75) is 13.8 Å². The highest BCUT2D eigenvalue weighted by Gasteiger charge is 2.17. The Morgan fingerprint density at radius 3 is 2.35 bits per heavy atom. The van der Waals surface area contributed by atoms with E-state index in [4.69, 9.17) is 28.1 Å². The molecule has 0 atom stereocenters. The van der Waals surface area contributed by atoms with Crippen molar-refractivity contribution in [3.63, 3.8) is 0 Å². The molecule has 0 bridgehead atoms. The topological polar surface area (TPSA) is 142 Å². The highest BCUT2D eigenvalue weighted by molar-refractivity contribution is 5.94. The first-order valence-electron chi connectivity index (χ1n) is 6.45. The summed E-state index contributed by atoms with van der Waals surface area (Å²) in [5, 5.41) is 0.949. The summed E-state index contributed by atoms with van der Waals surface area (Å²) in [5.74, 6) is 0.478. The van der Waals surface area contributed by atoms with Crippen molar-refractivity contribution >= 4 is 16.9 Å². The van der Waals surface area contributed by atoms with Crippen LogP contribution in [-0.4, -0.2) is 19.7 Å². The Morgan fingerprint density at radius 2 is 1.83 bits per heavy atom. The molecule has 0 aliphatic carbocycles. The summed E-state index contributed by atoms with van der Waals surface area (Å²) in [6.45, 7) is 4.02. The van der Waals surface area contributed by atoms with E-state index >= 15 is 0 Å². The fourth-order valence-corrected chi connectivity index (χ4v) is 1.85. The number of hydrogen-bond donors (Lipinski definition) is 0.